The molecule has 0 aliphatic carbocycles. The van der Waals surface area contributed by atoms with Gasteiger partial charge in [0.05, 0.1) is 11.7 Å². The summed E-state index contributed by atoms with van der Waals surface area (Å²) in [6, 6.07) is 0. The zero-order valence-corrected chi connectivity index (χ0v) is 8.68. The first-order valence-corrected chi connectivity index (χ1v) is 4.97. The lowest BCUT2D eigenvalue weighted by Gasteiger charge is -2.42. The fourth-order valence-electron chi connectivity index (χ4n) is 1.79. The Kier molecular flexibility index (Phi) is 3.13. The van der Waals surface area contributed by atoms with Gasteiger partial charge in [-0.1, -0.05) is 20.3 Å². The lowest BCUT2D eigenvalue weighted by Crippen LogP contribution is -2.54. The van der Waals surface area contributed by atoms with E-state index in [2.05, 4.69) is 33.0 Å². The number of morpholine rings is 1. The SMILES string of the molecule is CCC(C)C1(C)CNCC(C)O1. The molecular formula is C10H21NO. The molecule has 12 heavy (non-hydrogen) atoms. The molecule has 0 aromatic heterocycles. The number of rotatable bonds is 2. The lowest BCUT2D eigenvalue weighted by atomic mass is 9.87. The van der Waals surface area contributed by atoms with Gasteiger partial charge in [0.25, 0.3) is 0 Å². The van der Waals surface area contributed by atoms with E-state index in [1.54, 1.807) is 0 Å². The van der Waals surface area contributed by atoms with Crippen LogP contribution < -0.4 is 5.32 Å². The van der Waals surface area contributed by atoms with Crippen molar-refractivity contribution in [2.75, 3.05) is 13.1 Å². The average Bonchev–Trinajstić information content (AvgIpc) is 2.02. The van der Waals surface area contributed by atoms with Crippen molar-refractivity contribution < 1.29 is 4.74 Å². The molecule has 3 unspecified atom stereocenters. The summed E-state index contributed by atoms with van der Waals surface area (Å²) in [6.07, 6.45) is 1.54. The normalized spacial score (nSPS) is 39.5. The first-order valence-electron chi connectivity index (χ1n) is 4.97. The summed E-state index contributed by atoms with van der Waals surface area (Å²) < 4.78 is 5.96. The average molecular weight is 171 g/mol. The summed E-state index contributed by atoms with van der Waals surface area (Å²) in [6.45, 7) is 10.8. The van der Waals surface area contributed by atoms with Crippen molar-refractivity contribution in [1.82, 2.24) is 5.32 Å². The second kappa shape index (κ2) is 3.75. The van der Waals surface area contributed by atoms with Crippen molar-refractivity contribution >= 4 is 0 Å². The minimum absolute atomic E-state index is 0.0480. The molecule has 1 N–H and O–H groups in total. The molecular weight excluding hydrogens is 150 g/mol. The highest BCUT2D eigenvalue weighted by Gasteiger charge is 2.35. The van der Waals surface area contributed by atoms with Crippen LogP contribution in [0.3, 0.4) is 0 Å². The molecule has 1 saturated heterocycles. The van der Waals surface area contributed by atoms with Gasteiger partial charge in [0.1, 0.15) is 0 Å². The summed E-state index contributed by atoms with van der Waals surface area (Å²) in [7, 11) is 0. The maximum atomic E-state index is 5.96. The quantitative estimate of drug-likeness (QED) is 0.684. The van der Waals surface area contributed by atoms with Gasteiger partial charge in [-0.2, -0.15) is 0 Å². The van der Waals surface area contributed by atoms with Gasteiger partial charge in [-0.15, -0.1) is 0 Å². The summed E-state index contributed by atoms with van der Waals surface area (Å²) in [5.74, 6) is 0.632. The highest BCUT2D eigenvalue weighted by Crippen LogP contribution is 2.27. The van der Waals surface area contributed by atoms with Crippen LogP contribution in [0.1, 0.15) is 34.1 Å². The van der Waals surface area contributed by atoms with Crippen molar-refractivity contribution in [3.8, 4) is 0 Å². The second-order valence-corrected chi connectivity index (χ2v) is 4.18. The number of nitrogens with one attached hydrogen (secondary N) is 1. The Morgan fingerprint density at radius 3 is 2.83 bits per heavy atom. The van der Waals surface area contributed by atoms with E-state index in [1.807, 2.05) is 0 Å². The Balaban J connectivity index is 2.56. The Labute approximate surface area is 75.7 Å². The Hall–Kier alpha value is -0.0800. The molecule has 0 radical (unpaired) electrons. The van der Waals surface area contributed by atoms with Crippen LogP contribution in [0.5, 0.6) is 0 Å². The maximum Gasteiger partial charge on any atom is 0.0807 e. The molecule has 2 heteroatoms. The molecule has 0 spiro atoms. The molecule has 3 atom stereocenters. The molecule has 2 nitrogen and oxygen atoms in total. The van der Waals surface area contributed by atoms with E-state index >= 15 is 0 Å². The monoisotopic (exact) mass is 171 g/mol. The fourth-order valence-corrected chi connectivity index (χ4v) is 1.79. The van der Waals surface area contributed by atoms with E-state index < -0.39 is 0 Å². The molecule has 1 aliphatic heterocycles. The second-order valence-electron chi connectivity index (χ2n) is 4.18. The third kappa shape index (κ3) is 1.99. The Morgan fingerprint density at radius 2 is 2.33 bits per heavy atom. The summed E-state index contributed by atoms with van der Waals surface area (Å²) in [4.78, 5) is 0. The Morgan fingerprint density at radius 1 is 1.67 bits per heavy atom. The van der Waals surface area contributed by atoms with Crippen LogP contribution in [0.4, 0.5) is 0 Å². The molecule has 1 rings (SSSR count). The zero-order valence-electron chi connectivity index (χ0n) is 8.68. The van der Waals surface area contributed by atoms with E-state index in [9.17, 15) is 0 Å². The molecule has 0 saturated carbocycles. The van der Waals surface area contributed by atoms with Crippen LogP contribution in [0.2, 0.25) is 0 Å². The first kappa shape index (κ1) is 10.0. The highest BCUT2D eigenvalue weighted by molar-refractivity contribution is 4.87. The third-order valence-electron chi connectivity index (χ3n) is 3.03. The minimum atomic E-state index is 0.0480. The number of hydrogen-bond donors (Lipinski definition) is 1. The third-order valence-corrected chi connectivity index (χ3v) is 3.03. The number of ether oxygens (including phenoxy) is 1. The minimum Gasteiger partial charge on any atom is -0.369 e. The molecule has 0 amide bonds. The molecule has 0 aromatic rings. The van der Waals surface area contributed by atoms with Gasteiger partial charge in [-0.25, -0.2) is 0 Å². The van der Waals surface area contributed by atoms with Crippen molar-refractivity contribution in [2.24, 2.45) is 5.92 Å². The topological polar surface area (TPSA) is 21.3 Å². The van der Waals surface area contributed by atoms with Crippen LogP contribution in [-0.2, 0) is 4.74 Å². The van der Waals surface area contributed by atoms with E-state index in [1.165, 1.54) is 6.42 Å². The molecule has 1 heterocycles. The molecule has 0 aromatic carbocycles. The van der Waals surface area contributed by atoms with Crippen LogP contribution in [0.25, 0.3) is 0 Å². The van der Waals surface area contributed by atoms with Crippen LogP contribution in [-0.4, -0.2) is 24.8 Å². The van der Waals surface area contributed by atoms with Crippen LogP contribution in [0.15, 0.2) is 0 Å². The molecule has 1 aliphatic rings. The van der Waals surface area contributed by atoms with Gasteiger partial charge in [0.2, 0.25) is 0 Å². The van der Waals surface area contributed by atoms with Gasteiger partial charge in [-0.05, 0) is 19.8 Å². The zero-order chi connectivity index (χ0) is 9.19. The standard InChI is InChI=1S/C10H21NO/c1-5-8(2)10(4)7-11-6-9(3)12-10/h8-9,11H,5-7H2,1-4H3. The van der Waals surface area contributed by atoms with Crippen molar-refractivity contribution in [3.05, 3.63) is 0 Å². The summed E-state index contributed by atoms with van der Waals surface area (Å²) >= 11 is 0. The summed E-state index contributed by atoms with van der Waals surface area (Å²) in [5.41, 5.74) is 0.0480. The van der Waals surface area contributed by atoms with Crippen molar-refractivity contribution in [1.29, 1.82) is 0 Å². The van der Waals surface area contributed by atoms with E-state index in [4.69, 9.17) is 4.74 Å². The maximum absolute atomic E-state index is 5.96. The van der Waals surface area contributed by atoms with Gasteiger partial charge in [0, 0.05) is 13.1 Å². The van der Waals surface area contributed by atoms with Crippen molar-refractivity contribution in [2.45, 2.75) is 45.8 Å². The van der Waals surface area contributed by atoms with Gasteiger partial charge >= 0.3 is 0 Å². The highest BCUT2D eigenvalue weighted by atomic mass is 16.5. The molecule has 0 bridgehead atoms. The smallest absolute Gasteiger partial charge is 0.0807 e. The van der Waals surface area contributed by atoms with E-state index in [-0.39, 0.29) is 5.60 Å². The number of hydrogen-bond acceptors (Lipinski definition) is 2. The van der Waals surface area contributed by atoms with Gasteiger partial charge in [0.15, 0.2) is 0 Å². The van der Waals surface area contributed by atoms with Gasteiger partial charge in [-0.3, -0.25) is 0 Å². The predicted molar refractivity (Wildman–Crippen MR) is 51.3 cm³/mol. The van der Waals surface area contributed by atoms with Crippen LogP contribution in [0, 0.1) is 5.92 Å². The van der Waals surface area contributed by atoms with Gasteiger partial charge < -0.3 is 10.1 Å². The van der Waals surface area contributed by atoms with Crippen LogP contribution >= 0.6 is 0 Å². The fraction of sp³-hybridized carbons (Fsp3) is 1.00. The largest absolute Gasteiger partial charge is 0.369 e. The predicted octanol–water partition coefficient (Wildman–Crippen LogP) is 1.80. The van der Waals surface area contributed by atoms with E-state index in [0.717, 1.165) is 13.1 Å². The summed E-state index contributed by atoms with van der Waals surface area (Å²) in [5, 5.41) is 3.42. The molecule has 72 valence electrons. The Bertz CT molecular complexity index is 149. The van der Waals surface area contributed by atoms with Crippen molar-refractivity contribution in [3.63, 3.8) is 0 Å². The molecule has 1 fully saturated rings. The first-order chi connectivity index (χ1) is 5.58. The van der Waals surface area contributed by atoms with E-state index in [0.29, 0.717) is 12.0 Å². The lowest BCUT2D eigenvalue weighted by molar-refractivity contribution is -0.127.